The van der Waals surface area contributed by atoms with Crippen molar-refractivity contribution in [2.75, 3.05) is 5.32 Å². The van der Waals surface area contributed by atoms with E-state index in [9.17, 15) is 14.6 Å². The Morgan fingerprint density at radius 2 is 1.96 bits per heavy atom. The van der Waals surface area contributed by atoms with Gasteiger partial charge in [-0.1, -0.05) is 12.1 Å². The van der Waals surface area contributed by atoms with E-state index in [1.165, 1.54) is 24.3 Å². The molecule has 0 fully saturated rings. The average molecular weight is 330 g/mol. The summed E-state index contributed by atoms with van der Waals surface area (Å²) in [5.74, 6) is -0.676. The normalized spacial score (nSPS) is 11.2. The van der Waals surface area contributed by atoms with Crippen LogP contribution in [0.15, 0.2) is 52.7 Å². The van der Waals surface area contributed by atoms with E-state index in [4.69, 9.17) is 12.2 Å². The van der Waals surface area contributed by atoms with Crippen LogP contribution in [0.1, 0.15) is 0 Å². The van der Waals surface area contributed by atoms with Gasteiger partial charge in [0, 0.05) is 5.39 Å². The van der Waals surface area contributed by atoms with Crippen molar-refractivity contribution >= 4 is 39.6 Å². The van der Waals surface area contributed by atoms with E-state index in [2.05, 4.69) is 20.5 Å². The number of rotatable bonds is 2. The number of hydrogen-bond donors (Lipinski definition) is 4. The van der Waals surface area contributed by atoms with Crippen molar-refractivity contribution in [2.24, 2.45) is 10.2 Å². The molecule has 4 N–H and O–H groups in total. The molecule has 0 radical (unpaired) electrons. The van der Waals surface area contributed by atoms with E-state index in [1.54, 1.807) is 18.2 Å². The van der Waals surface area contributed by atoms with Crippen molar-refractivity contribution in [3.05, 3.63) is 48.3 Å². The van der Waals surface area contributed by atoms with E-state index in [1.807, 2.05) is 0 Å². The number of benzene rings is 2. The first-order chi connectivity index (χ1) is 11.0. The van der Waals surface area contributed by atoms with Crippen LogP contribution in [0.5, 0.6) is 11.6 Å². The molecule has 0 atom stereocenters. The lowest BCUT2D eigenvalue weighted by molar-refractivity contribution is 0.459. The highest BCUT2D eigenvalue weighted by Gasteiger charge is 2.11. The molecule has 3 aromatic rings. The smallest absolute Gasteiger partial charge is 0.218 e. The number of nitrogens with one attached hydrogen (secondary N) is 2. The van der Waals surface area contributed by atoms with Gasteiger partial charge in [0.05, 0.1) is 11.2 Å². The molecule has 3 rings (SSSR count). The fourth-order valence-electron chi connectivity index (χ4n) is 2.05. The Morgan fingerprint density at radius 3 is 2.74 bits per heavy atom. The molecule has 0 spiro atoms. The van der Waals surface area contributed by atoms with Gasteiger partial charge in [0.2, 0.25) is 11.0 Å². The van der Waals surface area contributed by atoms with Gasteiger partial charge in [-0.25, -0.2) is 4.39 Å². The molecule has 0 aliphatic heterocycles. The summed E-state index contributed by atoms with van der Waals surface area (Å²) in [6.07, 6.45) is 0. The number of phenols is 1. The summed E-state index contributed by atoms with van der Waals surface area (Å²) in [6.45, 7) is 0. The summed E-state index contributed by atoms with van der Waals surface area (Å²) in [6, 6.07) is 10.5. The standard InChI is InChI=1S/C15H11FN4O2S/c16-8-5-6-10-9(7-8)13(14(22)17-10)19-20-15(23)18-11-3-1-2-4-12(11)21/h1-7,17,21-22H,(H,18,23). The zero-order valence-corrected chi connectivity index (χ0v) is 12.4. The van der Waals surface area contributed by atoms with E-state index in [0.29, 0.717) is 16.6 Å². The number of para-hydroxylation sites is 2. The minimum atomic E-state index is -0.456. The van der Waals surface area contributed by atoms with Gasteiger partial charge in [0.1, 0.15) is 11.6 Å². The minimum Gasteiger partial charge on any atom is -0.506 e. The number of fused-ring (bicyclic) bond motifs is 1. The molecule has 1 heterocycles. The summed E-state index contributed by atoms with van der Waals surface area (Å²) in [5, 5.41) is 30.2. The fraction of sp³-hybridized carbons (Fsp3) is 0. The third kappa shape index (κ3) is 3.11. The second-order valence-electron chi connectivity index (χ2n) is 4.66. The van der Waals surface area contributed by atoms with Crippen LogP contribution in [-0.4, -0.2) is 20.3 Å². The van der Waals surface area contributed by atoms with Crippen molar-refractivity contribution < 1.29 is 14.6 Å². The number of aromatic hydroxyl groups is 2. The van der Waals surface area contributed by atoms with E-state index in [0.717, 1.165) is 0 Å². The molecule has 23 heavy (non-hydrogen) atoms. The number of aromatic amines is 1. The Hall–Kier alpha value is -3.00. The Kier molecular flexibility index (Phi) is 3.90. The van der Waals surface area contributed by atoms with E-state index >= 15 is 0 Å². The van der Waals surface area contributed by atoms with E-state index < -0.39 is 5.82 Å². The van der Waals surface area contributed by atoms with Crippen LogP contribution >= 0.6 is 12.2 Å². The molecule has 0 saturated carbocycles. The van der Waals surface area contributed by atoms with Crippen molar-refractivity contribution in [1.82, 2.24) is 4.98 Å². The lowest BCUT2D eigenvalue weighted by Gasteiger charge is -2.04. The van der Waals surface area contributed by atoms with Gasteiger partial charge >= 0.3 is 0 Å². The van der Waals surface area contributed by atoms with Crippen LogP contribution < -0.4 is 5.32 Å². The van der Waals surface area contributed by atoms with Gasteiger partial charge < -0.3 is 20.5 Å². The van der Waals surface area contributed by atoms with Crippen molar-refractivity contribution in [2.45, 2.75) is 0 Å². The first-order valence-corrected chi connectivity index (χ1v) is 6.96. The SMILES string of the molecule is Oc1ccccc1NC(=S)N=Nc1c(O)[nH]c2ccc(F)cc12. The molecule has 0 unspecified atom stereocenters. The van der Waals surface area contributed by atoms with Crippen LogP contribution in [0.4, 0.5) is 15.8 Å². The second-order valence-corrected chi connectivity index (χ2v) is 5.05. The minimum absolute atomic E-state index is 0.0158. The Labute approximate surface area is 135 Å². The number of hydrogen-bond acceptors (Lipinski definition) is 4. The van der Waals surface area contributed by atoms with Gasteiger partial charge in [-0.05, 0) is 42.5 Å². The van der Waals surface area contributed by atoms with Gasteiger partial charge in [0.15, 0.2) is 5.69 Å². The zero-order valence-electron chi connectivity index (χ0n) is 11.6. The van der Waals surface area contributed by atoms with Gasteiger partial charge in [-0.2, -0.15) is 0 Å². The number of nitrogens with zero attached hydrogens (tertiary/aromatic N) is 2. The molecule has 0 saturated heterocycles. The Balaban J connectivity index is 1.85. The highest BCUT2D eigenvalue weighted by molar-refractivity contribution is 7.80. The molecule has 0 aliphatic rings. The van der Waals surface area contributed by atoms with Crippen LogP contribution in [0, 0.1) is 5.82 Å². The molecule has 0 bridgehead atoms. The maximum Gasteiger partial charge on any atom is 0.218 e. The highest BCUT2D eigenvalue weighted by atomic mass is 32.1. The van der Waals surface area contributed by atoms with Gasteiger partial charge in [0.25, 0.3) is 0 Å². The van der Waals surface area contributed by atoms with Crippen molar-refractivity contribution in [3.63, 3.8) is 0 Å². The largest absolute Gasteiger partial charge is 0.506 e. The lowest BCUT2D eigenvalue weighted by Crippen LogP contribution is -2.04. The van der Waals surface area contributed by atoms with Crippen LogP contribution in [0.3, 0.4) is 0 Å². The lowest BCUT2D eigenvalue weighted by atomic mass is 10.2. The average Bonchev–Trinajstić information content (AvgIpc) is 2.82. The first-order valence-electron chi connectivity index (χ1n) is 6.55. The number of halogens is 1. The molecule has 8 heteroatoms. The first kappa shape index (κ1) is 14.9. The van der Waals surface area contributed by atoms with Crippen LogP contribution in [0.2, 0.25) is 0 Å². The second kappa shape index (κ2) is 6.01. The predicted molar refractivity (Wildman–Crippen MR) is 88.8 cm³/mol. The molecule has 0 aliphatic carbocycles. The number of aromatic nitrogens is 1. The summed E-state index contributed by atoms with van der Waals surface area (Å²) in [5.41, 5.74) is 0.990. The predicted octanol–water partition coefficient (Wildman–Crippen LogP) is 4.20. The summed E-state index contributed by atoms with van der Waals surface area (Å²) < 4.78 is 13.3. The number of thiocarbonyl (C=S) groups is 1. The third-order valence-electron chi connectivity index (χ3n) is 3.10. The number of phenolic OH excluding ortho intramolecular Hbond substituents is 1. The van der Waals surface area contributed by atoms with E-state index in [-0.39, 0.29) is 22.4 Å². The monoisotopic (exact) mass is 330 g/mol. The molecular formula is C15H11FN4O2S. The number of anilines is 1. The molecular weight excluding hydrogens is 319 g/mol. The van der Waals surface area contributed by atoms with Crippen LogP contribution in [-0.2, 0) is 0 Å². The molecule has 1 aromatic heterocycles. The molecule has 6 nitrogen and oxygen atoms in total. The highest BCUT2D eigenvalue weighted by Crippen LogP contribution is 2.35. The topological polar surface area (TPSA) is 93.0 Å². The maximum absolute atomic E-state index is 13.3. The van der Waals surface area contributed by atoms with Gasteiger partial charge in [-0.3, -0.25) is 0 Å². The zero-order chi connectivity index (χ0) is 16.4. The number of azo groups is 1. The fourth-order valence-corrected chi connectivity index (χ4v) is 2.20. The number of H-pyrrole nitrogens is 1. The Morgan fingerprint density at radius 1 is 1.17 bits per heavy atom. The van der Waals surface area contributed by atoms with Crippen LogP contribution in [0.25, 0.3) is 10.9 Å². The Bertz CT molecular complexity index is 923. The third-order valence-corrected chi connectivity index (χ3v) is 3.28. The van der Waals surface area contributed by atoms with Crippen molar-refractivity contribution in [3.8, 4) is 11.6 Å². The summed E-state index contributed by atoms with van der Waals surface area (Å²) in [4.78, 5) is 2.67. The maximum atomic E-state index is 13.3. The molecule has 116 valence electrons. The molecule has 0 amide bonds. The molecule has 2 aromatic carbocycles. The quantitative estimate of drug-likeness (QED) is 0.322. The summed E-state index contributed by atoms with van der Waals surface area (Å²) >= 11 is 5.01. The van der Waals surface area contributed by atoms with Crippen molar-refractivity contribution in [1.29, 1.82) is 0 Å². The summed E-state index contributed by atoms with van der Waals surface area (Å²) in [7, 11) is 0. The van der Waals surface area contributed by atoms with Gasteiger partial charge in [-0.15, -0.1) is 10.2 Å².